The van der Waals surface area contributed by atoms with E-state index in [-0.39, 0.29) is 5.38 Å². The van der Waals surface area contributed by atoms with Crippen molar-refractivity contribution in [3.8, 4) is 0 Å². The SMILES string of the molecule is CC(Cl)c1nc2cnccc2n1Cc1ccon1. The molecule has 6 heteroatoms. The molecule has 3 aromatic heterocycles. The van der Waals surface area contributed by atoms with Crippen molar-refractivity contribution in [3.63, 3.8) is 0 Å². The largest absolute Gasteiger partial charge is 0.364 e. The van der Waals surface area contributed by atoms with Gasteiger partial charge in [0.2, 0.25) is 0 Å². The van der Waals surface area contributed by atoms with Gasteiger partial charge in [-0.05, 0) is 13.0 Å². The zero-order chi connectivity index (χ0) is 12.5. The lowest BCUT2D eigenvalue weighted by atomic mass is 10.3. The third-order valence-electron chi connectivity index (χ3n) is 2.75. The third-order valence-corrected chi connectivity index (χ3v) is 2.94. The van der Waals surface area contributed by atoms with Gasteiger partial charge < -0.3 is 9.09 Å². The van der Waals surface area contributed by atoms with E-state index in [1.807, 2.05) is 23.6 Å². The van der Waals surface area contributed by atoms with Crippen LogP contribution in [0.3, 0.4) is 0 Å². The first-order valence-corrected chi connectivity index (χ1v) is 6.03. The predicted octanol–water partition coefficient (Wildman–Crippen LogP) is 2.77. The first kappa shape index (κ1) is 11.2. The number of rotatable bonds is 3. The number of fused-ring (bicyclic) bond motifs is 1. The van der Waals surface area contributed by atoms with Crippen LogP contribution in [-0.4, -0.2) is 19.7 Å². The molecule has 0 N–H and O–H groups in total. The molecule has 1 atom stereocenters. The molecule has 0 radical (unpaired) electrons. The summed E-state index contributed by atoms with van der Waals surface area (Å²) in [5.41, 5.74) is 2.67. The second-order valence-corrected chi connectivity index (χ2v) is 4.68. The second-order valence-electron chi connectivity index (χ2n) is 4.03. The van der Waals surface area contributed by atoms with Crippen LogP contribution < -0.4 is 0 Å². The first-order valence-electron chi connectivity index (χ1n) is 5.59. The summed E-state index contributed by atoms with van der Waals surface area (Å²) in [6.07, 6.45) is 5.03. The van der Waals surface area contributed by atoms with Gasteiger partial charge in [0.05, 0.1) is 23.6 Å². The van der Waals surface area contributed by atoms with Crippen LogP contribution in [0.4, 0.5) is 0 Å². The van der Waals surface area contributed by atoms with E-state index in [0.29, 0.717) is 6.54 Å². The molecule has 0 aliphatic heterocycles. The van der Waals surface area contributed by atoms with Gasteiger partial charge in [0.15, 0.2) is 0 Å². The minimum Gasteiger partial charge on any atom is -0.364 e. The average Bonchev–Trinajstić information content (AvgIpc) is 2.98. The minimum absolute atomic E-state index is 0.177. The number of hydrogen-bond donors (Lipinski definition) is 0. The van der Waals surface area contributed by atoms with Crippen molar-refractivity contribution >= 4 is 22.6 Å². The van der Waals surface area contributed by atoms with E-state index >= 15 is 0 Å². The monoisotopic (exact) mass is 262 g/mol. The van der Waals surface area contributed by atoms with Gasteiger partial charge in [0, 0.05) is 12.3 Å². The molecular formula is C12H11ClN4O. The van der Waals surface area contributed by atoms with E-state index in [1.54, 1.807) is 18.7 Å². The molecule has 0 amide bonds. The van der Waals surface area contributed by atoms with Crippen LogP contribution in [0.5, 0.6) is 0 Å². The van der Waals surface area contributed by atoms with Crippen molar-refractivity contribution in [1.82, 2.24) is 19.7 Å². The second kappa shape index (κ2) is 4.42. The molecule has 1 unspecified atom stereocenters. The van der Waals surface area contributed by atoms with Crippen molar-refractivity contribution < 1.29 is 4.52 Å². The molecule has 92 valence electrons. The predicted molar refractivity (Wildman–Crippen MR) is 67.4 cm³/mol. The summed E-state index contributed by atoms with van der Waals surface area (Å²) in [4.78, 5) is 8.57. The van der Waals surface area contributed by atoms with Crippen LogP contribution in [0.2, 0.25) is 0 Å². The van der Waals surface area contributed by atoms with Gasteiger partial charge >= 0.3 is 0 Å². The fraction of sp³-hybridized carbons (Fsp3) is 0.250. The van der Waals surface area contributed by atoms with Crippen LogP contribution in [0, 0.1) is 0 Å². The summed E-state index contributed by atoms with van der Waals surface area (Å²) in [6, 6.07) is 3.75. The Morgan fingerprint density at radius 3 is 3.06 bits per heavy atom. The van der Waals surface area contributed by atoms with Crippen molar-refractivity contribution in [1.29, 1.82) is 0 Å². The maximum absolute atomic E-state index is 6.17. The Balaban J connectivity index is 2.15. The smallest absolute Gasteiger partial charge is 0.128 e. The number of nitrogens with zero attached hydrogens (tertiary/aromatic N) is 4. The number of alkyl halides is 1. The Morgan fingerprint density at radius 1 is 1.44 bits per heavy atom. The molecule has 0 fully saturated rings. The third kappa shape index (κ3) is 1.86. The van der Waals surface area contributed by atoms with E-state index in [0.717, 1.165) is 22.6 Å². The van der Waals surface area contributed by atoms with Crippen molar-refractivity contribution in [2.45, 2.75) is 18.8 Å². The van der Waals surface area contributed by atoms with Gasteiger partial charge in [0.1, 0.15) is 23.3 Å². The highest BCUT2D eigenvalue weighted by atomic mass is 35.5. The van der Waals surface area contributed by atoms with Crippen molar-refractivity contribution in [2.75, 3.05) is 0 Å². The van der Waals surface area contributed by atoms with E-state index in [4.69, 9.17) is 16.1 Å². The molecule has 18 heavy (non-hydrogen) atoms. The summed E-state index contributed by atoms with van der Waals surface area (Å²) in [5, 5.41) is 3.74. The Labute approximate surface area is 108 Å². The van der Waals surface area contributed by atoms with Crippen molar-refractivity contribution in [2.24, 2.45) is 0 Å². The summed E-state index contributed by atoms with van der Waals surface area (Å²) < 4.78 is 6.88. The van der Waals surface area contributed by atoms with E-state index < -0.39 is 0 Å². The fourth-order valence-corrected chi connectivity index (χ4v) is 2.12. The maximum atomic E-state index is 6.17. The zero-order valence-corrected chi connectivity index (χ0v) is 10.5. The molecule has 0 aliphatic carbocycles. The maximum Gasteiger partial charge on any atom is 0.128 e. The van der Waals surface area contributed by atoms with Gasteiger partial charge in [-0.15, -0.1) is 11.6 Å². The Bertz CT molecular complexity index is 660. The lowest BCUT2D eigenvalue weighted by Gasteiger charge is -2.08. The summed E-state index contributed by atoms with van der Waals surface area (Å²) >= 11 is 6.17. The van der Waals surface area contributed by atoms with E-state index in [2.05, 4.69) is 15.1 Å². The summed E-state index contributed by atoms with van der Waals surface area (Å²) in [7, 11) is 0. The van der Waals surface area contributed by atoms with Crippen molar-refractivity contribution in [3.05, 3.63) is 42.3 Å². The summed E-state index contributed by atoms with van der Waals surface area (Å²) in [6.45, 7) is 2.49. The number of imidazole rings is 1. The van der Waals surface area contributed by atoms with Gasteiger partial charge in [-0.2, -0.15) is 0 Å². The van der Waals surface area contributed by atoms with Crippen LogP contribution in [0.15, 0.2) is 35.3 Å². The molecule has 3 aromatic rings. The zero-order valence-electron chi connectivity index (χ0n) is 9.75. The van der Waals surface area contributed by atoms with Crippen LogP contribution in [-0.2, 0) is 6.54 Å². The number of aromatic nitrogens is 4. The lowest BCUT2D eigenvalue weighted by Crippen LogP contribution is -2.05. The minimum atomic E-state index is -0.177. The standard InChI is InChI=1S/C12H11ClN4O/c1-8(13)12-15-10-6-14-4-2-11(10)17(12)7-9-3-5-18-16-9/h2-6,8H,7H2,1H3. The number of pyridine rings is 1. The molecule has 0 aliphatic rings. The van der Waals surface area contributed by atoms with Crippen LogP contribution >= 0.6 is 11.6 Å². The van der Waals surface area contributed by atoms with Crippen LogP contribution in [0.25, 0.3) is 11.0 Å². The molecule has 0 saturated carbocycles. The number of halogens is 1. The fourth-order valence-electron chi connectivity index (χ4n) is 1.95. The topological polar surface area (TPSA) is 56.7 Å². The Hall–Kier alpha value is -1.88. The lowest BCUT2D eigenvalue weighted by molar-refractivity contribution is 0.409. The Kier molecular flexibility index (Phi) is 2.76. The Morgan fingerprint density at radius 2 is 2.33 bits per heavy atom. The highest BCUT2D eigenvalue weighted by molar-refractivity contribution is 6.20. The first-order chi connectivity index (χ1) is 8.75. The molecule has 0 spiro atoms. The summed E-state index contributed by atoms with van der Waals surface area (Å²) in [5.74, 6) is 0.808. The molecule has 3 rings (SSSR count). The van der Waals surface area contributed by atoms with Crippen LogP contribution in [0.1, 0.15) is 23.8 Å². The van der Waals surface area contributed by atoms with Gasteiger partial charge in [-0.25, -0.2) is 4.98 Å². The average molecular weight is 263 g/mol. The highest BCUT2D eigenvalue weighted by Gasteiger charge is 2.15. The quantitative estimate of drug-likeness (QED) is 0.681. The molecular weight excluding hydrogens is 252 g/mol. The normalized spacial score (nSPS) is 13.0. The molecule has 5 nitrogen and oxygen atoms in total. The molecule has 0 bridgehead atoms. The molecule has 3 heterocycles. The van der Waals surface area contributed by atoms with Gasteiger partial charge in [-0.3, -0.25) is 4.98 Å². The van der Waals surface area contributed by atoms with Gasteiger partial charge in [-0.1, -0.05) is 5.16 Å². The molecule has 0 aromatic carbocycles. The highest BCUT2D eigenvalue weighted by Crippen LogP contribution is 2.24. The van der Waals surface area contributed by atoms with Gasteiger partial charge in [0.25, 0.3) is 0 Å². The van der Waals surface area contributed by atoms with E-state index in [1.165, 1.54) is 0 Å². The molecule has 0 saturated heterocycles. The van der Waals surface area contributed by atoms with E-state index in [9.17, 15) is 0 Å². The number of hydrogen-bond acceptors (Lipinski definition) is 4.